The van der Waals surface area contributed by atoms with Crippen LogP contribution < -0.4 is 10.6 Å². The molecule has 2 unspecified atom stereocenters. The highest BCUT2D eigenvalue weighted by Crippen LogP contribution is 2.10. The van der Waals surface area contributed by atoms with Crippen LogP contribution in [0.5, 0.6) is 0 Å². The molecule has 0 radical (unpaired) electrons. The van der Waals surface area contributed by atoms with E-state index in [9.17, 15) is 9.59 Å². The van der Waals surface area contributed by atoms with Crippen LogP contribution in [0.4, 0.5) is 4.79 Å². The predicted molar refractivity (Wildman–Crippen MR) is 70.8 cm³/mol. The molecule has 19 heavy (non-hydrogen) atoms. The quantitative estimate of drug-likeness (QED) is 0.806. The van der Waals surface area contributed by atoms with Gasteiger partial charge in [0.05, 0.1) is 6.10 Å². The molecule has 1 saturated heterocycles. The number of rotatable bonds is 4. The zero-order chi connectivity index (χ0) is 14.5. The van der Waals surface area contributed by atoms with Crippen LogP contribution in [0.2, 0.25) is 0 Å². The lowest BCUT2D eigenvalue weighted by molar-refractivity contribution is -0.123. The van der Waals surface area contributed by atoms with Gasteiger partial charge >= 0.3 is 6.09 Å². The lowest BCUT2D eigenvalue weighted by Crippen LogP contribution is -2.47. The van der Waals surface area contributed by atoms with Crippen molar-refractivity contribution in [3.05, 3.63) is 0 Å². The Kier molecular flexibility index (Phi) is 5.60. The Labute approximate surface area is 114 Å². The van der Waals surface area contributed by atoms with Crippen molar-refractivity contribution < 1.29 is 19.1 Å². The van der Waals surface area contributed by atoms with Crippen LogP contribution in [0.25, 0.3) is 0 Å². The third-order valence-corrected chi connectivity index (χ3v) is 2.65. The van der Waals surface area contributed by atoms with Crippen molar-refractivity contribution in [2.45, 2.75) is 58.3 Å². The van der Waals surface area contributed by atoms with Crippen LogP contribution in [0, 0.1) is 0 Å². The summed E-state index contributed by atoms with van der Waals surface area (Å²) in [5, 5.41) is 5.26. The number of hydrogen-bond donors (Lipinski definition) is 2. The largest absolute Gasteiger partial charge is 0.444 e. The molecule has 0 aromatic rings. The minimum absolute atomic E-state index is 0.0951. The van der Waals surface area contributed by atoms with Crippen LogP contribution in [0.1, 0.15) is 40.5 Å². The van der Waals surface area contributed by atoms with Gasteiger partial charge in [-0.1, -0.05) is 0 Å². The molecular weight excluding hydrogens is 248 g/mol. The fourth-order valence-corrected chi connectivity index (χ4v) is 1.72. The molecule has 110 valence electrons. The monoisotopic (exact) mass is 272 g/mol. The van der Waals surface area contributed by atoms with E-state index < -0.39 is 17.7 Å². The summed E-state index contributed by atoms with van der Waals surface area (Å²) < 4.78 is 10.5. The van der Waals surface area contributed by atoms with Gasteiger partial charge in [0.2, 0.25) is 5.91 Å². The standard InChI is InChI=1S/C13H24N2O4/c1-9(15-12(17)19-13(2,3)4)11(16)14-8-10-6-5-7-18-10/h9-10H,5-8H2,1-4H3,(H,14,16)(H,15,17). The average Bonchev–Trinajstić information content (AvgIpc) is 2.75. The molecule has 0 aromatic heterocycles. The fourth-order valence-electron chi connectivity index (χ4n) is 1.72. The van der Waals surface area contributed by atoms with Crippen LogP contribution in [0.3, 0.4) is 0 Å². The molecule has 0 spiro atoms. The maximum absolute atomic E-state index is 11.8. The van der Waals surface area contributed by atoms with E-state index in [0.29, 0.717) is 6.54 Å². The van der Waals surface area contributed by atoms with Gasteiger partial charge < -0.3 is 20.1 Å². The number of carbonyl (C=O) groups is 2. The second-order valence-electron chi connectivity index (χ2n) is 5.75. The van der Waals surface area contributed by atoms with E-state index in [1.807, 2.05) is 0 Å². The minimum Gasteiger partial charge on any atom is -0.444 e. The van der Waals surface area contributed by atoms with Crippen molar-refractivity contribution in [2.75, 3.05) is 13.2 Å². The number of carbonyl (C=O) groups excluding carboxylic acids is 2. The summed E-state index contributed by atoms with van der Waals surface area (Å²) in [6.07, 6.45) is 1.50. The molecular formula is C13H24N2O4. The number of hydrogen-bond acceptors (Lipinski definition) is 4. The van der Waals surface area contributed by atoms with E-state index in [1.54, 1.807) is 27.7 Å². The summed E-state index contributed by atoms with van der Waals surface area (Å²) in [6, 6.07) is -0.628. The van der Waals surface area contributed by atoms with Gasteiger partial charge in [0.25, 0.3) is 0 Å². The van der Waals surface area contributed by atoms with E-state index in [-0.39, 0.29) is 12.0 Å². The highest BCUT2D eigenvalue weighted by molar-refractivity contribution is 5.85. The third-order valence-electron chi connectivity index (χ3n) is 2.65. The van der Waals surface area contributed by atoms with Crippen molar-refractivity contribution in [1.29, 1.82) is 0 Å². The fraction of sp³-hybridized carbons (Fsp3) is 0.846. The average molecular weight is 272 g/mol. The molecule has 2 amide bonds. The first-order valence-electron chi connectivity index (χ1n) is 6.67. The smallest absolute Gasteiger partial charge is 0.408 e. The zero-order valence-corrected chi connectivity index (χ0v) is 12.1. The molecule has 1 heterocycles. The summed E-state index contributed by atoms with van der Waals surface area (Å²) in [4.78, 5) is 23.3. The van der Waals surface area contributed by atoms with Gasteiger partial charge in [-0.05, 0) is 40.5 Å². The molecule has 6 heteroatoms. The van der Waals surface area contributed by atoms with Gasteiger partial charge in [-0.15, -0.1) is 0 Å². The van der Waals surface area contributed by atoms with E-state index in [4.69, 9.17) is 9.47 Å². The zero-order valence-electron chi connectivity index (χ0n) is 12.1. The molecule has 0 saturated carbocycles. The normalized spacial score (nSPS) is 20.7. The predicted octanol–water partition coefficient (Wildman–Crippen LogP) is 1.19. The van der Waals surface area contributed by atoms with E-state index in [1.165, 1.54) is 0 Å². The van der Waals surface area contributed by atoms with Gasteiger partial charge in [0, 0.05) is 13.2 Å². The lowest BCUT2D eigenvalue weighted by Gasteiger charge is -2.22. The van der Waals surface area contributed by atoms with Gasteiger partial charge in [-0.3, -0.25) is 4.79 Å². The summed E-state index contributed by atoms with van der Waals surface area (Å²) in [5.41, 5.74) is -0.571. The summed E-state index contributed by atoms with van der Waals surface area (Å²) in [7, 11) is 0. The van der Waals surface area contributed by atoms with E-state index in [2.05, 4.69) is 10.6 Å². The molecule has 1 rings (SSSR count). The van der Waals surface area contributed by atoms with Crippen molar-refractivity contribution >= 4 is 12.0 Å². The van der Waals surface area contributed by atoms with Crippen LogP contribution >= 0.6 is 0 Å². The number of nitrogens with one attached hydrogen (secondary N) is 2. The molecule has 1 aliphatic heterocycles. The van der Waals surface area contributed by atoms with Gasteiger partial charge in [-0.2, -0.15) is 0 Å². The Bertz CT molecular complexity index is 319. The third kappa shape index (κ3) is 6.42. The SMILES string of the molecule is CC(NC(=O)OC(C)(C)C)C(=O)NCC1CCCO1. The highest BCUT2D eigenvalue weighted by atomic mass is 16.6. The van der Waals surface area contributed by atoms with E-state index in [0.717, 1.165) is 19.4 Å². The van der Waals surface area contributed by atoms with Crippen LogP contribution in [-0.4, -0.2) is 42.9 Å². The summed E-state index contributed by atoms with van der Waals surface area (Å²) in [5.74, 6) is -0.235. The molecule has 2 atom stereocenters. The molecule has 6 nitrogen and oxygen atoms in total. The van der Waals surface area contributed by atoms with Gasteiger partial charge in [-0.25, -0.2) is 4.79 Å². The van der Waals surface area contributed by atoms with Crippen molar-refractivity contribution in [3.8, 4) is 0 Å². The Balaban J connectivity index is 2.25. The maximum Gasteiger partial charge on any atom is 0.408 e. The Morgan fingerprint density at radius 1 is 1.42 bits per heavy atom. The second kappa shape index (κ2) is 6.75. The molecule has 2 N–H and O–H groups in total. The molecule has 1 aliphatic rings. The second-order valence-corrected chi connectivity index (χ2v) is 5.75. The Hall–Kier alpha value is -1.30. The molecule has 1 fully saturated rings. The number of amides is 2. The summed E-state index contributed by atoms with van der Waals surface area (Å²) in [6.45, 7) is 8.18. The van der Waals surface area contributed by atoms with Gasteiger partial charge in [0.15, 0.2) is 0 Å². The van der Waals surface area contributed by atoms with Crippen LogP contribution in [0.15, 0.2) is 0 Å². The Morgan fingerprint density at radius 2 is 2.11 bits per heavy atom. The first-order chi connectivity index (χ1) is 8.78. The van der Waals surface area contributed by atoms with Crippen molar-refractivity contribution in [1.82, 2.24) is 10.6 Å². The van der Waals surface area contributed by atoms with Crippen molar-refractivity contribution in [2.24, 2.45) is 0 Å². The topological polar surface area (TPSA) is 76.7 Å². The maximum atomic E-state index is 11.8. The van der Waals surface area contributed by atoms with E-state index >= 15 is 0 Å². The molecule has 0 aliphatic carbocycles. The molecule has 0 bridgehead atoms. The summed E-state index contributed by atoms with van der Waals surface area (Å²) >= 11 is 0. The highest BCUT2D eigenvalue weighted by Gasteiger charge is 2.22. The number of alkyl carbamates (subject to hydrolysis) is 1. The van der Waals surface area contributed by atoms with Crippen molar-refractivity contribution in [3.63, 3.8) is 0 Å². The van der Waals surface area contributed by atoms with Crippen LogP contribution in [-0.2, 0) is 14.3 Å². The Morgan fingerprint density at radius 3 is 2.63 bits per heavy atom. The lowest BCUT2D eigenvalue weighted by atomic mass is 10.2. The minimum atomic E-state index is -0.628. The number of ether oxygens (including phenoxy) is 2. The molecule has 0 aromatic carbocycles. The first-order valence-corrected chi connectivity index (χ1v) is 6.67. The van der Waals surface area contributed by atoms with Gasteiger partial charge in [0.1, 0.15) is 11.6 Å². The first kappa shape index (κ1) is 15.8.